The van der Waals surface area contributed by atoms with E-state index in [9.17, 15) is 4.79 Å². The van der Waals surface area contributed by atoms with E-state index in [1.165, 1.54) is 11.6 Å². The lowest BCUT2D eigenvalue weighted by atomic mass is 10.1. The number of nitrogens with zero attached hydrogens (tertiary/aromatic N) is 2. The molecule has 0 amide bonds. The van der Waals surface area contributed by atoms with Crippen molar-refractivity contribution in [3.8, 4) is 11.1 Å². The molecule has 5 rings (SSSR count). The Bertz CT molecular complexity index is 1410. The Morgan fingerprint density at radius 2 is 1.59 bits per heavy atom. The number of hydrogen-bond acceptors (Lipinski definition) is 3. The number of furan rings is 1. The quantitative estimate of drug-likeness (QED) is 0.323. The van der Waals surface area contributed by atoms with Gasteiger partial charge < -0.3 is 14.1 Å². The smallest absolute Gasteiger partial charge is 0.371 e. The van der Waals surface area contributed by atoms with E-state index in [1.807, 2.05) is 65.5 Å². The molecule has 32 heavy (non-hydrogen) atoms. The van der Waals surface area contributed by atoms with Crippen LogP contribution in [0.15, 0.2) is 107 Å². The van der Waals surface area contributed by atoms with Crippen LogP contribution < -0.4 is 0 Å². The first kappa shape index (κ1) is 19.6. The Morgan fingerprint density at radius 3 is 2.34 bits per heavy atom. The normalized spacial score (nSPS) is 11.4. The maximum absolute atomic E-state index is 11.1. The van der Waals surface area contributed by atoms with Gasteiger partial charge in [0, 0.05) is 28.9 Å². The fourth-order valence-corrected chi connectivity index (χ4v) is 3.77. The second kappa shape index (κ2) is 8.40. The summed E-state index contributed by atoms with van der Waals surface area (Å²) >= 11 is 0. The minimum Gasteiger partial charge on any atom is -0.475 e. The summed E-state index contributed by atoms with van der Waals surface area (Å²) in [5.74, 6) is -0.542. The van der Waals surface area contributed by atoms with Crippen molar-refractivity contribution in [2.24, 2.45) is 4.99 Å². The van der Waals surface area contributed by atoms with Gasteiger partial charge in [-0.15, -0.1) is 0 Å². The molecule has 2 aromatic heterocycles. The molecule has 0 saturated heterocycles. The molecule has 5 heteroatoms. The predicted octanol–water partition coefficient (Wildman–Crippen LogP) is 6.40. The molecule has 0 bridgehead atoms. The third kappa shape index (κ3) is 3.96. The van der Waals surface area contributed by atoms with Gasteiger partial charge in [-0.2, -0.15) is 0 Å². The average molecular weight is 420 g/mol. The maximum atomic E-state index is 11.1. The van der Waals surface area contributed by atoms with Gasteiger partial charge in [0.25, 0.3) is 0 Å². The molecular formula is C27H20N2O3. The molecule has 0 spiro atoms. The minimum absolute atomic E-state index is 0.0582. The van der Waals surface area contributed by atoms with Gasteiger partial charge in [0.2, 0.25) is 5.76 Å². The molecular weight excluding hydrogens is 400 g/mol. The Kier molecular flexibility index (Phi) is 5.14. The molecule has 0 aliphatic rings. The van der Waals surface area contributed by atoms with E-state index in [1.54, 1.807) is 6.07 Å². The van der Waals surface area contributed by atoms with Crippen molar-refractivity contribution < 1.29 is 14.3 Å². The van der Waals surface area contributed by atoms with Crippen LogP contribution in [0, 0.1) is 0 Å². The van der Waals surface area contributed by atoms with E-state index in [-0.39, 0.29) is 5.76 Å². The molecule has 0 fully saturated rings. The van der Waals surface area contributed by atoms with E-state index < -0.39 is 5.97 Å². The molecule has 0 atom stereocenters. The van der Waals surface area contributed by atoms with Crippen molar-refractivity contribution in [1.82, 2.24) is 4.57 Å². The van der Waals surface area contributed by atoms with Crippen LogP contribution in [0.25, 0.3) is 22.0 Å². The van der Waals surface area contributed by atoms with Crippen LogP contribution in [0.3, 0.4) is 0 Å². The summed E-state index contributed by atoms with van der Waals surface area (Å²) in [6.45, 7) is 0.438. The van der Waals surface area contributed by atoms with Crippen molar-refractivity contribution in [3.05, 3.63) is 114 Å². The number of aromatic nitrogens is 1. The number of para-hydroxylation sites is 1. The number of aliphatic imine (C=N–C) groups is 1. The largest absolute Gasteiger partial charge is 0.475 e. The molecule has 0 unspecified atom stereocenters. The Morgan fingerprint density at radius 1 is 0.875 bits per heavy atom. The minimum atomic E-state index is -1.07. The number of aromatic carboxylic acids is 1. The zero-order valence-corrected chi connectivity index (χ0v) is 17.2. The number of carboxylic acid groups (broad SMARTS) is 1. The van der Waals surface area contributed by atoms with Crippen LogP contribution in [0.1, 0.15) is 21.9 Å². The Balaban J connectivity index is 1.41. The second-order valence-electron chi connectivity index (χ2n) is 7.47. The summed E-state index contributed by atoms with van der Waals surface area (Å²) in [5, 5.41) is 10.2. The molecule has 0 radical (unpaired) electrons. The number of rotatable bonds is 6. The highest BCUT2D eigenvalue weighted by atomic mass is 16.4. The monoisotopic (exact) mass is 420 g/mol. The van der Waals surface area contributed by atoms with E-state index in [0.29, 0.717) is 12.3 Å². The fraction of sp³-hybridized carbons (Fsp3) is 0.0370. The highest BCUT2D eigenvalue weighted by Crippen LogP contribution is 2.25. The zero-order chi connectivity index (χ0) is 21.9. The van der Waals surface area contributed by atoms with Crippen LogP contribution >= 0.6 is 0 Å². The molecule has 0 aliphatic carbocycles. The van der Waals surface area contributed by atoms with Crippen LogP contribution in [-0.4, -0.2) is 21.9 Å². The van der Waals surface area contributed by atoms with Crippen molar-refractivity contribution in [2.75, 3.05) is 0 Å². The molecule has 3 aromatic carbocycles. The molecule has 1 N–H and O–H groups in total. The molecule has 5 nitrogen and oxygen atoms in total. The van der Waals surface area contributed by atoms with Gasteiger partial charge in [-0.1, -0.05) is 60.7 Å². The summed E-state index contributed by atoms with van der Waals surface area (Å²) in [6.07, 6.45) is 3.87. The zero-order valence-electron chi connectivity index (χ0n) is 17.2. The number of fused-ring (bicyclic) bond motifs is 1. The number of hydrogen-bond donors (Lipinski definition) is 1. The maximum Gasteiger partial charge on any atom is 0.371 e. The summed E-state index contributed by atoms with van der Waals surface area (Å²) in [5.41, 5.74) is 5.22. The first-order valence-corrected chi connectivity index (χ1v) is 10.3. The van der Waals surface area contributed by atoms with Gasteiger partial charge in [-0.3, -0.25) is 4.99 Å². The lowest BCUT2D eigenvalue weighted by Crippen LogP contribution is -1.97. The SMILES string of the molecule is O=C(O)c1ccc(Cn2cc(C=Nc3ccc(-c4ccccc4)cc3)c3ccccc32)o1. The molecule has 0 saturated carbocycles. The molecule has 5 aromatic rings. The van der Waals surface area contributed by atoms with Crippen LogP contribution in [0.2, 0.25) is 0 Å². The number of carboxylic acids is 1. The number of benzene rings is 3. The standard InChI is InChI=1S/C27H20N2O3/c30-27(31)26-15-14-23(32-26)18-29-17-21(24-8-4-5-9-25(24)29)16-28-22-12-10-20(11-13-22)19-6-2-1-3-7-19/h1-17H,18H2,(H,30,31). The van der Waals surface area contributed by atoms with Crippen LogP contribution in [-0.2, 0) is 6.54 Å². The lowest BCUT2D eigenvalue weighted by molar-refractivity contribution is 0.0660. The molecule has 0 aliphatic heterocycles. The van der Waals surface area contributed by atoms with E-state index >= 15 is 0 Å². The Labute approximate surface area is 184 Å². The van der Waals surface area contributed by atoms with Crippen molar-refractivity contribution in [3.63, 3.8) is 0 Å². The third-order valence-electron chi connectivity index (χ3n) is 5.35. The van der Waals surface area contributed by atoms with E-state index in [4.69, 9.17) is 9.52 Å². The highest BCUT2D eigenvalue weighted by Gasteiger charge is 2.12. The molecule has 156 valence electrons. The molecule has 2 heterocycles. The van der Waals surface area contributed by atoms with E-state index in [2.05, 4.69) is 35.3 Å². The van der Waals surface area contributed by atoms with Crippen LogP contribution in [0.5, 0.6) is 0 Å². The van der Waals surface area contributed by atoms with Crippen molar-refractivity contribution >= 4 is 28.8 Å². The summed E-state index contributed by atoms with van der Waals surface area (Å²) in [7, 11) is 0. The summed E-state index contributed by atoms with van der Waals surface area (Å²) < 4.78 is 7.47. The van der Waals surface area contributed by atoms with Gasteiger partial charge in [0.15, 0.2) is 0 Å². The van der Waals surface area contributed by atoms with Gasteiger partial charge >= 0.3 is 5.97 Å². The van der Waals surface area contributed by atoms with Crippen molar-refractivity contribution in [2.45, 2.75) is 6.54 Å². The first-order chi connectivity index (χ1) is 15.7. The predicted molar refractivity (Wildman–Crippen MR) is 126 cm³/mol. The summed E-state index contributed by atoms with van der Waals surface area (Å²) in [4.78, 5) is 15.8. The first-order valence-electron chi connectivity index (χ1n) is 10.3. The third-order valence-corrected chi connectivity index (χ3v) is 5.35. The fourth-order valence-electron chi connectivity index (χ4n) is 3.77. The second-order valence-corrected chi connectivity index (χ2v) is 7.47. The Hall–Kier alpha value is -4.38. The van der Waals surface area contributed by atoms with Gasteiger partial charge in [0.05, 0.1) is 12.2 Å². The average Bonchev–Trinajstić information content (AvgIpc) is 3.44. The van der Waals surface area contributed by atoms with Gasteiger partial charge in [-0.25, -0.2) is 4.79 Å². The van der Waals surface area contributed by atoms with Crippen molar-refractivity contribution in [1.29, 1.82) is 0 Å². The lowest BCUT2D eigenvalue weighted by Gasteiger charge is -2.02. The van der Waals surface area contributed by atoms with Gasteiger partial charge in [-0.05, 0) is 41.5 Å². The number of carbonyl (C=O) groups is 1. The highest BCUT2D eigenvalue weighted by molar-refractivity contribution is 6.00. The van der Waals surface area contributed by atoms with E-state index in [0.717, 1.165) is 27.7 Å². The topological polar surface area (TPSA) is 67.7 Å². The van der Waals surface area contributed by atoms with Crippen LogP contribution in [0.4, 0.5) is 5.69 Å². The summed E-state index contributed by atoms with van der Waals surface area (Å²) in [6, 6.07) is 29.6. The van der Waals surface area contributed by atoms with Gasteiger partial charge in [0.1, 0.15) is 5.76 Å².